The second kappa shape index (κ2) is 9.80. The molecule has 1 N–H and O–H groups in total. The van der Waals surface area contributed by atoms with E-state index >= 15 is 0 Å². The Morgan fingerprint density at radius 2 is 1.88 bits per heavy atom. The zero-order valence-electron chi connectivity index (χ0n) is 16.9. The van der Waals surface area contributed by atoms with Crippen LogP contribution in [0.5, 0.6) is 5.75 Å². The molecule has 0 radical (unpaired) electrons. The fraction of sp³-hybridized carbons (Fsp3) is 0.632. The first-order chi connectivity index (χ1) is 12.0. The predicted molar refractivity (Wildman–Crippen MR) is 109 cm³/mol. The van der Waals surface area contributed by atoms with Crippen LogP contribution in [0, 0.1) is 12.3 Å². The molecule has 0 unspecified atom stereocenters. The summed E-state index contributed by atoms with van der Waals surface area (Å²) in [4.78, 5) is 6.30. The highest BCUT2D eigenvalue weighted by atomic mass is 32.2. The van der Waals surface area contributed by atoms with Gasteiger partial charge >= 0.3 is 0 Å². The summed E-state index contributed by atoms with van der Waals surface area (Å²) in [7, 11) is 0.751. The van der Waals surface area contributed by atoms with E-state index in [1.165, 1.54) is 11.8 Å². The van der Waals surface area contributed by atoms with Crippen molar-refractivity contribution in [3.63, 3.8) is 0 Å². The van der Waals surface area contributed by atoms with E-state index in [4.69, 9.17) is 4.74 Å². The average molecular weight is 384 g/mol. The number of ether oxygens (including phenoxy) is 1. The van der Waals surface area contributed by atoms with Crippen LogP contribution in [-0.2, 0) is 9.84 Å². The standard InChI is InChI=1S/C19H33N3O3S/c1-16-7-9-17(10-8-16)25-13-12-22(5)18(20-4)21-15-19(2,3)11-14-26(6,23)24/h7-10H,11-15H2,1-6H3,(H,20,21). The Bertz CT molecular complexity index is 682. The van der Waals surface area contributed by atoms with Crippen LogP contribution in [0.4, 0.5) is 0 Å². The Morgan fingerprint density at radius 1 is 1.27 bits per heavy atom. The zero-order valence-corrected chi connectivity index (χ0v) is 17.7. The van der Waals surface area contributed by atoms with Gasteiger partial charge in [-0.1, -0.05) is 31.5 Å². The highest BCUT2D eigenvalue weighted by Crippen LogP contribution is 2.20. The van der Waals surface area contributed by atoms with Gasteiger partial charge in [-0.15, -0.1) is 0 Å². The first kappa shape index (κ1) is 22.3. The third-order valence-corrected chi connectivity index (χ3v) is 5.11. The second-order valence-electron chi connectivity index (χ2n) is 7.53. The van der Waals surface area contributed by atoms with Crippen molar-refractivity contribution in [2.24, 2.45) is 10.4 Å². The molecule has 0 amide bonds. The third-order valence-electron chi connectivity index (χ3n) is 4.16. The van der Waals surface area contributed by atoms with Crippen molar-refractivity contribution in [1.82, 2.24) is 10.2 Å². The van der Waals surface area contributed by atoms with E-state index in [0.29, 0.717) is 26.1 Å². The van der Waals surface area contributed by atoms with Gasteiger partial charge < -0.3 is 15.0 Å². The van der Waals surface area contributed by atoms with Gasteiger partial charge in [-0.05, 0) is 30.9 Å². The summed E-state index contributed by atoms with van der Waals surface area (Å²) in [6.45, 7) is 8.05. The van der Waals surface area contributed by atoms with Gasteiger partial charge in [0.05, 0.1) is 12.3 Å². The number of hydrogen-bond donors (Lipinski definition) is 1. The quantitative estimate of drug-likeness (QED) is 0.523. The topological polar surface area (TPSA) is 71.0 Å². The van der Waals surface area contributed by atoms with Gasteiger partial charge in [-0.25, -0.2) is 8.42 Å². The lowest BCUT2D eigenvalue weighted by atomic mass is 9.90. The van der Waals surface area contributed by atoms with Crippen LogP contribution in [0.1, 0.15) is 25.8 Å². The van der Waals surface area contributed by atoms with Crippen molar-refractivity contribution in [3.8, 4) is 5.75 Å². The van der Waals surface area contributed by atoms with Crippen molar-refractivity contribution < 1.29 is 13.2 Å². The number of aryl methyl sites for hydroxylation is 1. The van der Waals surface area contributed by atoms with Gasteiger partial charge in [-0.3, -0.25) is 4.99 Å². The van der Waals surface area contributed by atoms with Gasteiger partial charge in [-0.2, -0.15) is 0 Å². The normalized spacial score (nSPS) is 12.8. The molecule has 0 aliphatic carbocycles. The molecule has 1 aromatic rings. The van der Waals surface area contributed by atoms with Crippen LogP contribution in [0.2, 0.25) is 0 Å². The van der Waals surface area contributed by atoms with Crippen LogP contribution in [-0.4, -0.2) is 65.1 Å². The van der Waals surface area contributed by atoms with E-state index in [-0.39, 0.29) is 11.2 Å². The Kier molecular flexibility index (Phi) is 8.40. The van der Waals surface area contributed by atoms with Gasteiger partial charge in [0.25, 0.3) is 0 Å². The molecular weight excluding hydrogens is 350 g/mol. The molecule has 7 heteroatoms. The maximum Gasteiger partial charge on any atom is 0.193 e. The molecule has 0 aromatic heterocycles. The highest BCUT2D eigenvalue weighted by Gasteiger charge is 2.21. The van der Waals surface area contributed by atoms with Crippen LogP contribution in [0.15, 0.2) is 29.3 Å². The second-order valence-corrected chi connectivity index (χ2v) is 9.79. The molecule has 0 saturated heterocycles. The minimum absolute atomic E-state index is 0.141. The van der Waals surface area contributed by atoms with Crippen molar-refractivity contribution in [1.29, 1.82) is 0 Å². The fourth-order valence-corrected chi connectivity index (χ4v) is 3.22. The molecule has 0 saturated carbocycles. The lowest BCUT2D eigenvalue weighted by molar-refractivity contribution is 0.278. The zero-order chi connectivity index (χ0) is 19.8. The molecule has 26 heavy (non-hydrogen) atoms. The van der Waals surface area contributed by atoms with E-state index in [9.17, 15) is 8.42 Å². The number of aliphatic imine (C=N–C) groups is 1. The molecule has 1 rings (SSSR count). The minimum Gasteiger partial charge on any atom is -0.492 e. The SMILES string of the molecule is CN=C(NCC(C)(C)CCS(C)(=O)=O)N(C)CCOc1ccc(C)cc1. The van der Waals surface area contributed by atoms with Gasteiger partial charge in [0.2, 0.25) is 0 Å². The smallest absolute Gasteiger partial charge is 0.193 e. The largest absolute Gasteiger partial charge is 0.492 e. The van der Waals surface area contributed by atoms with Crippen LogP contribution < -0.4 is 10.1 Å². The highest BCUT2D eigenvalue weighted by molar-refractivity contribution is 7.90. The average Bonchev–Trinajstić information content (AvgIpc) is 2.55. The van der Waals surface area contributed by atoms with Crippen LogP contribution in [0.25, 0.3) is 0 Å². The molecule has 0 aliphatic rings. The minimum atomic E-state index is -2.94. The number of rotatable bonds is 9. The number of likely N-dealkylation sites (N-methyl/N-ethyl adjacent to an activating group) is 1. The maximum atomic E-state index is 11.4. The molecule has 0 fully saturated rings. The fourth-order valence-electron chi connectivity index (χ4n) is 2.29. The lowest BCUT2D eigenvalue weighted by Gasteiger charge is -2.28. The van der Waals surface area contributed by atoms with E-state index in [1.807, 2.05) is 43.1 Å². The summed E-state index contributed by atoms with van der Waals surface area (Å²) in [5.41, 5.74) is 1.07. The summed E-state index contributed by atoms with van der Waals surface area (Å²) in [5, 5.41) is 3.33. The Labute approximate surface area is 158 Å². The van der Waals surface area contributed by atoms with Crippen LogP contribution in [0.3, 0.4) is 0 Å². The predicted octanol–water partition coefficient (Wildman–Crippen LogP) is 2.34. The summed E-state index contributed by atoms with van der Waals surface area (Å²) >= 11 is 0. The van der Waals surface area contributed by atoms with Crippen LogP contribution >= 0.6 is 0 Å². The molecule has 148 valence electrons. The number of nitrogens with one attached hydrogen (secondary N) is 1. The number of guanidine groups is 1. The molecule has 0 atom stereocenters. The molecule has 1 aromatic carbocycles. The summed E-state index contributed by atoms with van der Waals surface area (Å²) < 4.78 is 28.5. The molecule has 6 nitrogen and oxygen atoms in total. The van der Waals surface area contributed by atoms with E-state index in [1.54, 1.807) is 7.05 Å². The van der Waals surface area contributed by atoms with Crippen molar-refractivity contribution in [2.45, 2.75) is 27.2 Å². The number of hydrogen-bond acceptors (Lipinski definition) is 4. The van der Waals surface area contributed by atoms with Gasteiger partial charge in [0.1, 0.15) is 22.2 Å². The van der Waals surface area contributed by atoms with Crippen molar-refractivity contribution >= 4 is 15.8 Å². The Morgan fingerprint density at radius 3 is 2.42 bits per heavy atom. The molecular formula is C19H33N3O3S. The summed E-state index contributed by atoms with van der Waals surface area (Å²) in [6.07, 6.45) is 1.88. The molecule has 0 heterocycles. The Balaban J connectivity index is 2.43. The van der Waals surface area contributed by atoms with Gasteiger partial charge in [0.15, 0.2) is 5.96 Å². The first-order valence-electron chi connectivity index (χ1n) is 8.81. The number of sulfone groups is 1. The maximum absolute atomic E-state index is 11.4. The lowest BCUT2D eigenvalue weighted by Crippen LogP contribution is -2.44. The van der Waals surface area contributed by atoms with E-state index < -0.39 is 9.84 Å². The molecule has 0 aliphatic heterocycles. The van der Waals surface area contributed by atoms with E-state index in [0.717, 1.165) is 11.7 Å². The first-order valence-corrected chi connectivity index (χ1v) is 10.9. The summed E-state index contributed by atoms with van der Waals surface area (Å²) in [5.74, 6) is 1.82. The number of benzene rings is 1. The third kappa shape index (κ3) is 9.08. The molecule has 0 bridgehead atoms. The van der Waals surface area contributed by atoms with Crippen molar-refractivity contribution in [2.75, 3.05) is 45.8 Å². The number of nitrogens with zero attached hydrogens (tertiary/aromatic N) is 2. The van der Waals surface area contributed by atoms with Gasteiger partial charge in [0, 0.05) is 26.9 Å². The monoisotopic (exact) mass is 383 g/mol. The Hall–Kier alpha value is -1.76. The van der Waals surface area contributed by atoms with Crippen molar-refractivity contribution in [3.05, 3.63) is 29.8 Å². The summed E-state index contributed by atoms with van der Waals surface area (Å²) in [6, 6.07) is 7.98. The molecule has 0 spiro atoms. The van der Waals surface area contributed by atoms with E-state index in [2.05, 4.69) is 24.2 Å².